The van der Waals surface area contributed by atoms with Crippen LogP contribution in [0.2, 0.25) is 0 Å². The Hall–Kier alpha value is -0.0800. The molecule has 2 nitrogen and oxygen atoms in total. The molecule has 0 aromatic heterocycles. The van der Waals surface area contributed by atoms with Crippen LogP contribution in [0.1, 0.15) is 52.4 Å². The summed E-state index contributed by atoms with van der Waals surface area (Å²) in [5, 5.41) is 10.7. The summed E-state index contributed by atoms with van der Waals surface area (Å²) in [6.45, 7) is 6.40. The van der Waals surface area contributed by atoms with Crippen molar-refractivity contribution in [3.05, 3.63) is 0 Å². The topological polar surface area (TPSA) is 29.5 Å². The average molecular weight is 226 g/mol. The molecular formula is C14H26O2. The number of rotatable bonds is 2. The molecule has 2 heteroatoms. The summed E-state index contributed by atoms with van der Waals surface area (Å²) < 4.78 is 5.38. The Morgan fingerprint density at radius 1 is 1.12 bits per heavy atom. The van der Waals surface area contributed by atoms with Crippen LogP contribution in [0.3, 0.4) is 0 Å². The molecule has 94 valence electrons. The van der Waals surface area contributed by atoms with Gasteiger partial charge >= 0.3 is 0 Å². The second-order valence-electron chi connectivity index (χ2n) is 6.18. The number of aliphatic hydroxyl groups is 1. The van der Waals surface area contributed by atoms with Crippen molar-refractivity contribution in [2.75, 3.05) is 13.2 Å². The lowest BCUT2D eigenvalue weighted by atomic mass is 9.69. The number of hydrogen-bond donors (Lipinski definition) is 1. The quantitative estimate of drug-likeness (QED) is 0.784. The minimum atomic E-state index is -0.367. The molecule has 0 aromatic rings. The zero-order valence-corrected chi connectivity index (χ0v) is 10.7. The molecule has 1 saturated heterocycles. The molecule has 0 amide bonds. The van der Waals surface area contributed by atoms with Crippen LogP contribution in [0.25, 0.3) is 0 Å². The minimum absolute atomic E-state index is 0.367. The minimum Gasteiger partial charge on any atom is -0.390 e. The maximum atomic E-state index is 10.7. The smallest absolute Gasteiger partial charge is 0.0653 e. The Kier molecular flexibility index (Phi) is 3.91. The van der Waals surface area contributed by atoms with Gasteiger partial charge in [0.25, 0.3) is 0 Å². The van der Waals surface area contributed by atoms with Gasteiger partial charge in [-0.05, 0) is 56.3 Å². The Balaban J connectivity index is 1.87. The third-order valence-electron chi connectivity index (χ3n) is 4.75. The lowest BCUT2D eigenvalue weighted by Gasteiger charge is -2.41. The first-order valence-corrected chi connectivity index (χ1v) is 6.89. The zero-order valence-electron chi connectivity index (χ0n) is 10.7. The maximum Gasteiger partial charge on any atom is 0.0653 e. The largest absolute Gasteiger partial charge is 0.390 e. The summed E-state index contributed by atoms with van der Waals surface area (Å²) in [4.78, 5) is 0. The monoisotopic (exact) mass is 226 g/mol. The van der Waals surface area contributed by atoms with Crippen LogP contribution in [-0.2, 0) is 4.74 Å². The zero-order chi connectivity index (χ0) is 11.6. The van der Waals surface area contributed by atoms with Crippen LogP contribution < -0.4 is 0 Å². The molecule has 0 spiro atoms. The van der Waals surface area contributed by atoms with Crippen molar-refractivity contribution < 1.29 is 9.84 Å². The third-order valence-corrected chi connectivity index (χ3v) is 4.75. The van der Waals surface area contributed by atoms with Gasteiger partial charge in [0, 0.05) is 13.2 Å². The standard InChI is InChI=1S/C14H26O2/c1-11-3-6-14(15,9-12(11)2)10-13-4-7-16-8-5-13/h11-13,15H,3-10H2,1-2H3. The summed E-state index contributed by atoms with van der Waals surface area (Å²) >= 11 is 0. The molecule has 1 heterocycles. The van der Waals surface area contributed by atoms with Crippen LogP contribution in [0.5, 0.6) is 0 Å². The fourth-order valence-corrected chi connectivity index (χ4v) is 3.36. The molecule has 0 bridgehead atoms. The van der Waals surface area contributed by atoms with Gasteiger partial charge in [-0.1, -0.05) is 13.8 Å². The van der Waals surface area contributed by atoms with Gasteiger partial charge in [-0.25, -0.2) is 0 Å². The van der Waals surface area contributed by atoms with Crippen LogP contribution in [-0.4, -0.2) is 23.9 Å². The lowest BCUT2D eigenvalue weighted by Crippen LogP contribution is -2.40. The molecule has 3 unspecified atom stereocenters. The summed E-state index contributed by atoms with van der Waals surface area (Å²) in [5.41, 5.74) is -0.367. The first-order chi connectivity index (χ1) is 7.59. The van der Waals surface area contributed by atoms with E-state index in [1.165, 1.54) is 6.42 Å². The molecule has 1 aliphatic carbocycles. The van der Waals surface area contributed by atoms with Crippen LogP contribution in [0.15, 0.2) is 0 Å². The average Bonchev–Trinajstić information content (AvgIpc) is 2.25. The van der Waals surface area contributed by atoms with Crippen molar-refractivity contribution in [3.63, 3.8) is 0 Å². The molecule has 1 aliphatic heterocycles. The van der Waals surface area contributed by atoms with Gasteiger partial charge < -0.3 is 9.84 Å². The molecule has 2 rings (SSSR count). The first kappa shape index (κ1) is 12.4. The Morgan fingerprint density at radius 3 is 2.44 bits per heavy atom. The molecular weight excluding hydrogens is 200 g/mol. The molecule has 2 aliphatic rings. The van der Waals surface area contributed by atoms with Crippen LogP contribution >= 0.6 is 0 Å². The highest BCUT2D eigenvalue weighted by Gasteiger charge is 2.37. The highest BCUT2D eigenvalue weighted by atomic mass is 16.5. The lowest BCUT2D eigenvalue weighted by molar-refractivity contribution is -0.0588. The molecule has 1 saturated carbocycles. The third kappa shape index (κ3) is 2.98. The Morgan fingerprint density at radius 2 is 1.81 bits per heavy atom. The molecule has 1 N–H and O–H groups in total. The SMILES string of the molecule is CC1CCC(O)(CC2CCOCC2)CC1C. The van der Waals surface area contributed by atoms with Gasteiger partial charge in [-0.3, -0.25) is 0 Å². The molecule has 3 atom stereocenters. The van der Waals surface area contributed by atoms with E-state index in [0.717, 1.165) is 51.2 Å². The van der Waals surface area contributed by atoms with Crippen LogP contribution in [0, 0.1) is 17.8 Å². The van der Waals surface area contributed by atoms with E-state index in [0.29, 0.717) is 11.8 Å². The second-order valence-corrected chi connectivity index (χ2v) is 6.18. The molecule has 0 aromatic carbocycles. The molecule has 2 fully saturated rings. The fourth-order valence-electron chi connectivity index (χ4n) is 3.36. The van der Waals surface area contributed by atoms with Crippen molar-refractivity contribution in [2.45, 2.75) is 58.0 Å². The van der Waals surface area contributed by atoms with Gasteiger partial charge in [-0.15, -0.1) is 0 Å². The van der Waals surface area contributed by atoms with Crippen molar-refractivity contribution in [3.8, 4) is 0 Å². The summed E-state index contributed by atoms with van der Waals surface area (Å²) in [7, 11) is 0. The predicted molar refractivity (Wildman–Crippen MR) is 65.3 cm³/mol. The molecule has 0 radical (unpaired) electrons. The van der Waals surface area contributed by atoms with E-state index in [9.17, 15) is 5.11 Å². The maximum absolute atomic E-state index is 10.7. The van der Waals surface area contributed by atoms with Crippen molar-refractivity contribution in [1.82, 2.24) is 0 Å². The second kappa shape index (κ2) is 5.05. The summed E-state index contributed by atoms with van der Waals surface area (Å²) in [5.74, 6) is 2.16. The van der Waals surface area contributed by atoms with Crippen molar-refractivity contribution >= 4 is 0 Å². The van der Waals surface area contributed by atoms with Gasteiger partial charge in [0.2, 0.25) is 0 Å². The summed E-state index contributed by atoms with van der Waals surface area (Å²) in [6.07, 6.45) is 6.51. The summed E-state index contributed by atoms with van der Waals surface area (Å²) in [6, 6.07) is 0. The Bertz CT molecular complexity index is 223. The fraction of sp³-hybridized carbons (Fsp3) is 1.00. The number of ether oxygens (including phenoxy) is 1. The van der Waals surface area contributed by atoms with Gasteiger partial charge in [0.15, 0.2) is 0 Å². The highest BCUT2D eigenvalue weighted by Crippen LogP contribution is 2.40. The van der Waals surface area contributed by atoms with Gasteiger partial charge in [0.05, 0.1) is 5.60 Å². The van der Waals surface area contributed by atoms with E-state index in [-0.39, 0.29) is 5.60 Å². The number of hydrogen-bond acceptors (Lipinski definition) is 2. The Labute approximate surface area is 99.4 Å². The first-order valence-electron chi connectivity index (χ1n) is 6.89. The van der Waals surface area contributed by atoms with Crippen molar-refractivity contribution in [2.24, 2.45) is 17.8 Å². The van der Waals surface area contributed by atoms with E-state index in [2.05, 4.69) is 13.8 Å². The van der Waals surface area contributed by atoms with E-state index in [1.54, 1.807) is 0 Å². The van der Waals surface area contributed by atoms with E-state index >= 15 is 0 Å². The molecule has 16 heavy (non-hydrogen) atoms. The van der Waals surface area contributed by atoms with Crippen LogP contribution in [0.4, 0.5) is 0 Å². The van der Waals surface area contributed by atoms with E-state index < -0.39 is 0 Å². The van der Waals surface area contributed by atoms with Crippen molar-refractivity contribution in [1.29, 1.82) is 0 Å². The van der Waals surface area contributed by atoms with Gasteiger partial charge in [0.1, 0.15) is 0 Å². The van der Waals surface area contributed by atoms with E-state index in [1.807, 2.05) is 0 Å². The van der Waals surface area contributed by atoms with E-state index in [4.69, 9.17) is 4.74 Å². The van der Waals surface area contributed by atoms with Gasteiger partial charge in [-0.2, -0.15) is 0 Å². The normalized spacial score (nSPS) is 42.2. The predicted octanol–water partition coefficient (Wildman–Crippen LogP) is 2.99. The highest BCUT2D eigenvalue weighted by molar-refractivity contribution is 4.89.